The van der Waals surface area contributed by atoms with Crippen molar-refractivity contribution in [3.05, 3.63) is 71.9 Å². The fourth-order valence-electron chi connectivity index (χ4n) is 6.96. The molecule has 22 nitrogen and oxygen atoms in total. The summed E-state index contributed by atoms with van der Waals surface area (Å²) in [5.74, 6) is -8.28. The van der Waals surface area contributed by atoms with E-state index in [1.807, 2.05) is 24.3 Å². The summed E-state index contributed by atoms with van der Waals surface area (Å²) in [5.41, 5.74) is 13.1. The molecule has 22 heteroatoms. The maximum atomic E-state index is 13.8. The van der Waals surface area contributed by atoms with Gasteiger partial charge < -0.3 is 64.1 Å². The van der Waals surface area contributed by atoms with Gasteiger partial charge in [-0.25, -0.2) is 0 Å². The number of rotatable bonds is 24. The normalized spacial score (nSPS) is 16.1. The highest BCUT2D eigenvalue weighted by Crippen LogP contribution is 2.19. The van der Waals surface area contributed by atoms with E-state index in [4.69, 9.17) is 11.5 Å². The number of amides is 10. The molecule has 1 fully saturated rings. The molecule has 0 saturated carbocycles. The van der Waals surface area contributed by atoms with E-state index in [1.54, 1.807) is 50.4 Å². The second kappa shape index (κ2) is 23.9. The largest absolute Gasteiger partial charge is 0.394 e. The molecule has 14 N–H and O–H groups in total. The van der Waals surface area contributed by atoms with Crippen LogP contribution in [0.25, 0.3) is 10.9 Å². The maximum absolute atomic E-state index is 13.8. The molecule has 2 heterocycles. The van der Waals surface area contributed by atoms with E-state index in [2.05, 4.69) is 47.5 Å². The Morgan fingerprint density at radius 2 is 1.32 bits per heavy atom. The average Bonchev–Trinajstić information content (AvgIpc) is 3.89. The quantitative estimate of drug-likeness (QED) is 0.0422. The van der Waals surface area contributed by atoms with Crippen molar-refractivity contribution in [1.82, 2.24) is 47.5 Å². The SMILES string of the molecule is CC(C)CC(NC(=O)C1CCC(=O)N1)C(=O)NC(CC(N)=O)C(=O)NC(Cc1ccccc1)C(=O)NC(CO)C(=O)NC(C)C(=O)NCC(=O)NC(Cc1c[nH]c2ccccc12)C(N)=O. The molecule has 3 aromatic rings. The number of aliphatic hydroxyl groups excluding tert-OH is 1. The van der Waals surface area contributed by atoms with Gasteiger partial charge in [0.25, 0.3) is 0 Å². The highest BCUT2D eigenvalue weighted by Gasteiger charge is 2.35. The van der Waals surface area contributed by atoms with Crippen molar-refractivity contribution in [3.63, 3.8) is 0 Å². The van der Waals surface area contributed by atoms with E-state index >= 15 is 0 Å². The van der Waals surface area contributed by atoms with Gasteiger partial charge in [0.05, 0.1) is 19.6 Å². The van der Waals surface area contributed by atoms with Crippen LogP contribution >= 0.6 is 0 Å². The van der Waals surface area contributed by atoms with Crippen molar-refractivity contribution < 1.29 is 53.1 Å². The summed E-state index contributed by atoms with van der Waals surface area (Å²) in [7, 11) is 0. The molecule has 0 aliphatic carbocycles. The Hall–Kier alpha value is -7.36. The van der Waals surface area contributed by atoms with Crippen LogP contribution in [0.1, 0.15) is 57.6 Å². The molecule has 1 aliphatic rings. The Morgan fingerprint density at radius 3 is 1.95 bits per heavy atom. The van der Waals surface area contributed by atoms with Gasteiger partial charge in [0, 0.05) is 36.4 Å². The lowest BCUT2D eigenvalue weighted by molar-refractivity contribution is -0.136. The van der Waals surface area contributed by atoms with Crippen LogP contribution in [0.4, 0.5) is 0 Å². The second-order valence-electron chi connectivity index (χ2n) is 16.1. The van der Waals surface area contributed by atoms with Gasteiger partial charge in [-0.3, -0.25) is 47.9 Å². The van der Waals surface area contributed by atoms with Crippen molar-refractivity contribution in [3.8, 4) is 0 Å². The summed E-state index contributed by atoms with van der Waals surface area (Å²) in [6.07, 6.45) is 1.36. The Labute approximate surface area is 373 Å². The minimum absolute atomic E-state index is 0.0734. The third-order valence-electron chi connectivity index (χ3n) is 10.4. The van der Waals surface area contributed by atoms with E-state index in [0.29, 0.717) is 5.56 Å². The fourth-order valence-corrected chi connectivity index (χ4v) is 6.96. The van der Waals surface area contributed by atoms with Crippen molar-refractivity contribution in [1.29, 1.82) is 0 Å². The molecule has 7 unspecified atom stereocenters. The fraction of sp³-hybridized carbons (Fsp3) is 0.442. The third kappa shape index (κ3) is 15.4. The second-order valence-corrected chi connectivity index (χ2v) is 16.1. The number of H-pyrrole nitrogens is 1. The molecule has 2 aromatic carbocycles. The maximum Gasteiger partial charge on any atom is 0.245 e. The summed E-state index contributed by atoms with van der Waals surface area (Å²) in [5, 5.41) is 30.5. The molecule has 65 heavy (non-hydrogen) atoms. The summed E-state index contributed by atoms with van der Waals surface area (Å²) < 4.78 is 0. The van der Waals surface area contributed by atoms with Gasteiger partial charge >= 0.3 is 0 Å². The molecule has 10 amide bonds. The van der Waals surface area contributed by atoms with Crippen LogP contribution < -0.4 is 54.0 Å². The van der Waals surface area contributed by atoms with Gasteiger partial charge in [-0.15, -0.1) is 0 Å². The molecule has 4 rings (SSSR count). The number of carbonyl (C=O) groups excluding carboxylic acids is 10. The van der Waals surface area contributed by atoms with E-state index in [1.165, 1.54) is 6.92 Å². The third-order valence-corrected chi connectivity index (χ3v) is 10.4. The summed E-state index contributed by atoms with van der Waals surface area (Å²) in [6.45, 7) is 3.30. The number of hydrogen-bond acceptors (Lipinski definition) is 11. The van der Waals surface area contributed by atoms with Gasteiger partial charge in [0.2, 0.25) is 59.1 Å². The van der Waals surface area contributed by atoms with Crippen LogP contribution in [-0.4, -0.2) is 125 Å². The zero-order valence-corrected chi connectivity index (χ0v) is 36.2. The van der Waals surface area contributed by atoms with Gasteiger partial charge in [-0.05, 0) is 42.9 Å². The molecular formula is C43H57N11O11. The topological polar surface area (TPSA) is 355 Å². The van der Waals surface area contributed by atoms with Gasteiger partial charge in [-0.1, -0.05) is 62.4 Å². The monoisotopic (exact) mass is 903 g/mol. The van der Waals surface area contributed by atoms with Crippen molar-refractivity contribution in [2.45, 2.75) is 102 Å². The number of fused-ring (bicyclic) bond motifs is 1. The minimum Gasteiger partial charge on any atom is -0.394 e. The molecular weight excluding hydrogens is 847 g/mol. The number of aromatic amines is 1. The number of para-hydroxylation sites is 1. The van der Waals surface area contributed by atoms with Crippen LogP contribution in [0.2, 0.25) is 0 Å². The molecule has 1 aliphatic heterocycles. The first-order valence-electron chi connectivity index (χ1n) is 21.0. The van der Waals surface area contributed by atoms with E-state index in [-0.39, 0.29) is 43.9 Å². The first kappa shape index (κ1) is 50.3. The first-order chi connectivity index (χ1) is 30.8. The lowest BCUT2D eigenvalue weighted by atomic mass is 10.0. The average molecular weight is 904 g/mol. The Balaban J connectivity index is 1.38. The Bertz CT molecular complexity index is 2230. The number of nitrogens with one attached hydrogen (secondary N) is 9. The minimum atomic E-state index is -1.66. The van der Waals surface area contributed by atoms with Crippen molar-refractivity contribution in [2.24, 2.45) is 17.4 Å². The van der Waals surface area contributed by atoms with E-state index in [0.717, 1.165) is 16.5 Å². The number of aromatic nitrogens is 1. The predicted molar refractivity (Wildman–Crippen MR) is 233 cm³/mol. The molecule has 0 spiro atoms. The first-order valence-corrected chi connectivity index (χ1v) is 21.0. The number of primary amides is 2. The molecule has 0 bridgehead atoms. The van der Waals surface area contributed by atoms with Crippen LogP contribution in [-0.2, 0) is 60.8 Å². The zero-order valence-electron chi connectivity index (χ0n) is 36.2. The molecule has 1 aromatic heterocycles. The van der Waals surface area contributed by atoms with Crippen LogP contribution in [0, 0.1) is 5.92 Å². The Morgan fingerprint density at radius 1 is 0.708 bits per heavy atom. The number of carbonyl (C=O) groups is 10. The highest BCUT2D eigenvalue weighted by atomic mass is 16.3. The Kier molecular flexibility index (Phi) is 18.5. The number of aliphatic hydroxyl groups is 1. The highest BCUT2D eigenvalue weighted by molar-refractivity contribution is 5.99. The van der Waals surface area contributed by atoms with Crippen LogP contribution in [0.15, 0.2) is 60.8 Å². The predicted octanol–water partition coefficient (Wildman–Crippen LogP) is -3.32. The lowest BCUT2D eigenvalue weighted by Crippen LogP contribution is -2.60. The number of hydrogen-bond donors (Lipinski definition) is 12. The lowest BCUT2D eigenvalue weighted by Gasteiger charge is -2.27. The van der Waals surface area contributed by atoms with Gasteiger partial charge in [0.1, 0.15) is 42.3 Å². The molecule has 1 saturated heterocycles. The molecule has 350 valence electrons. The standard InChI is InChI=1S/C43H57N11O11/c1-22(2)15-30(51-39(61)28-13-14-35(57)49-28)40(62)53-32(18-34(44)56)42(64)52-31(16-24-9-5-4-6-10-24)41(63)54-33(21-55)43(65)48-23(3)38(60)47-20-36(58)50-29(37(45)59)17-25-19-46-27-12-8-7-11-26(25)27/h4-12,19,22-23,28-33,46,55H,13-18,20-21H2,1-3H3,(H2,44,56)(H2,45,59)(H,47,60)(H,48,65)(H,49,57)(H,50,58)(H,51,61)(H,52,64)(H,53,62)(H,54,63). The van der Waals surface area contributed by atoms with Crippen LogP contribution in [0.5, 0.6) is 0 Å². The van der Waals surface area contributed by atoms with Gasteiger partial charge in [0.15, 0.2) is 0 Å². The summed E-state index contributed by atoms with van der Waals surface area (Å²) in [6, 6.07) is 6.46. The number of nitrogens with two attached hydrogens (primary N) is 2. The van der Waals surface area contributed by atoms with Crippen molar-refractivity contribution in [2.75, 3.05) is 13.2 Å². The molecule has 7 atom stereocenters. The number of benzene rings is 2. The smallest absolute Gasteiger partial charge is 0.245 e. The summed E-state index contributed by atoms with van der Waals surface area (Å²) >= 11 is 0. The zero-order chi connectivity index (χ0) is 47.8. The van der Waals surface area contributed by atoms with Gasteiger partial charge in [-0.2, -0.15) is 0 Å². The van der Waals surface area contributed by atoms with Crippen molar-refractivity contribution >= 4 is 70.0 Å². The van der Waals surface area contributed by atoms with E-state index < -0.39 is 115 Å². The summed E-state index contributed by atoms with van der Waals surface area (Å²) in [4.78, 5) is 132. The van der Waals surface area contributed by atoms with E-state index in [9.17, 15) is 53.1 Å². The van der Waals surface area contributed by atoms with Crippen LogP contribution in [0.3, 0.4) is 0 Å². The molecule has 0 radical (unpaired) electrons.